The average molecular weight is 219 g/mol. The molecule has 1 aliphatic rings. The second kappa shape index (κ2) is 4.98. The van der Waals surface area contributed by atoms with Crippen molar-refractivity contribution < 1.29 is 4.74 Å². The van der Waals surface area contributed by atoms with Crippen LogP contribution in [0.4, 0.5) is 0 Å². The summed E-state index contributed by atoms with van der Waals surface area (Å²) in [6.45, 7) is 5.21. The Morgan fingerprint density at radius 2 is 2.31 bits per heavy atom. The predicted octanol–water partition coefficient (Wildman–Crippen LogP) is 2.29. The lowest BCUT2D eigenvalue weighted by atomic mass is 9.93. The van der Waals surface area contributed by atoms with Gasteiger partial charge in [-0.1, -0.05) is 36.8 Å². The Hall–Kier alpha value is -0.860. The maximum absolute atomic E-state index is 6.23. The average Bonchev–Trinajstić information content (AvgIpc) is 2.64. The normalized spacial score (nSPS) is 26.9. The molecule has 1 aromatic rings. The lowest BCUT2D eigenvalue weighted by Gasteiger charge is -2.22. The van der Waals surface area contributed by atoms with E-state index in [2.05, 4.69) is 38.1 Å². The van der Waals surface area contributed by atoms with Gasteiger partial charge in [0, 0.05) is 12.6 Å². The summed E-state index contributed by atoms with van der Waals surface area (Å²) in [5, 5.41) is 0. The van der Waals surface area contributed by atoms with Crippen molar-refractivity contribution in [3.05, 3.63) is 35.4 Å². The molecule has 88 valence electrons. The van der Waals surface area contributed by atoms with Crippen LogP contribution < -0.4 is 5.73 Å². The first-order chi connectivity index (χ1) is 7.66. The minimum absolute atomic E-state index is 0.124. The Morgan fingerprint density at radius 1 is 1.50 bits per heavy atom. The van der Waals surface area contributed by atoms with Gasteiger partial charge in [0.1, 0.15) is 0 Å². The van der Waals surface area contributed by atoms with Crippen molar-refractivity contribution in [1.82, 2.24) is 0 Å². The van der Waals surface area contributed by atoms with Gasteiger partial charge >= 0.3 is 0 Å². The molecule has 1 fully saturated rings. The number of rotatable bonds is 3. The minimum Gasteiger partial charge on any atom is -0.376 e. The van der Waals surface area contributed by atoms with Gasteiger partial charge in [-0.2, -0.15) is 0 Å². The Balaban J connectivity index is 1.99. The van der Waals surface area contributed by atoms with Crippen LogP contribution in [0.2, 0.25) is 0 Å². The van der Waals surface area contributed by atoms with Crippen LogP contribution >= 0.6 is 0 Å². The minimum atomic E-state index is 0.124. The zero-order chi connectivity index (χ0) is 11.5. The summed E-state index contributed by atoms with van der Waals surface area (Å²) in [6.07, 6.45) is 2.29. The van der Waals surface area contributed by atoms with Crippen LogP contribution in [0.25, 0.3) is 0 Å². The zero-order valence-corrected chi connectivity index (χ0v) is 10.1. The second-order valence-electron chi connectivity index (χ2n) is 4.96. The topological polar surface area (TPSA) is 35.2 Å². The Bertz CT molecular complexity index is 350. The first kappa shape index (κ1) is 11.6. The fourth-order valence-corrected chi connectivity index (χ4v) is 2.49. The second-order valence-corrected chi connectivity index (χ2v) is 4.96. The molecule has 3 atom stereocenters. The SMILES string of the molecule is Cc1cccc(CC(N)C2OCCC2C)c1. The number of benzene rings is 1. The van der Waals surface area contributed by atoms with Crippen molar-refractivity contribution in [2.75, 3.05) is 6.61 Å². The van der Waals surface area contributed by atoms with E-state index < -0.39 is 0 Å². The molecule has 1 heterocycles. The van der Waals surface area contributed by atoms with E-state index in [1.165, 1.54) is 11.1 Å². The smallest absolute Gasteiger partial charge is 0.0755 e. The summed E-state index contributed by atoms with van der Waals surface area (Å²) in [5.74, 6) is 0.597. The lowest BCUT2D eigenvalue weighted by molar-refractivity contribution is 0.0726. The van der Waals surface area contributed by atoms with E-state index in [-0.39, 0.29) is 12.1 Å². The third-order valence-corrected chi connectivity index (χ3v) is 3.42. The maximum atomic E-state index is 6.23. The van der Waals surface area contributed by atoms with E-state index in [4.69, 9.17) is 10.5 Å². The van der Waals surface area contributed by atoms with Crippen LogP contribution in [0.5, 0.6) is 0 Å². The molecule has 2 N–H and O–H groups in total. The zero-order valence-electron chi connectivity index (χ0n) is 10.1. The summed E-state index contributed by atoms with van der Waals surface area (Å²) in [6, 6.07) is 8.69. The van der Waals surface area contributed by atoms with E-state index >= 15 is 0 Å². The van der Waals surface area contributed by atoms with Gasteiger partial charge in [-0.3, -0.25) is 0 Å². The van der Waals surface area contributed by atoms with Crippen LogP contribution in [-0.2, 0) is 11.2 Å². The van der Waals surface area contributed by atoms with E-state index in [1.54, 1.807) is 0 Å². The van der Waals surface area contributed by atoms with E-state index in [0.717, 1.165) is 19.4 Å². The van der Waals surface area contributed by atoms with E-state index in [1.807, 2.05) is 0 Å². The summed E-state index contributed by atoms with van der Waals surface area (Å²) in [4.78, 5) is 0. The summed E-state index contributed by atoms with van der Waals surface area (Å²) in [5.41, 5.74) is 8.84. The highest BCUT2D eigenvalue weighted by Gasteiger charge is 2.29. The van der Waals surface area contributed by atoms with Crippen molar-refractivity contribution >= 4 is 0 Å². The van der Waals surface area contributed by atoms with E-state index in [0.29, 0.717) is 5.92 Å². The van der Waals surface area contributed by atoms with Gasteiger partial charge in [0.2, 0.25) is 0 Å². The predicted molar refractivity (Wildman–Crippen MR) is 66.4 cm³/mol. The molecule has 1 saturated heterocycles. The molecule has 2 heteroatoms. The van der Waals surface area contributed by atoms with Crippen molar-refractivity contribution in [2.24, 2.45) is 11.7 Å². The molecular formula is C14H21NO. The number of hydrogen-bond acceptors (Lipinski definition) is 2. The fourth-order valence-electron chi connectivity index (χ4n) is 2.49. The Kier molecular flexibility index (Phi) is 3.62. The van der Waals surface area contributed by atoms with Crippen molar-refractivity contribution in [2.45, 2.75) is 38.8 Å². The quantitative estimate of drug-likeness (QED) is 0.846. The van der Waals surface area contributed by atoms with Gasteiger partial charge in [0.25, 0.3) is 0 Å². The standard InChI is InChI=1S/C14H21NO/c1-10-4-3-5-12(8-10)9-13(15)14-11(2)6-7-16-14/h3-5,8,11,13-14H,6-7,9,15H2,1-2H3. The fraction of sp³-hybridized carbons (Fsp3) is 0.571. The number of aryl methyl sites for hydroxylation is 1. The summed E-state index contributed by atoms with van der Waals surface area (Å²) >= 11 is 0. The molecule has 0 radical (unpaired) electrons. The molecule has 0 aliphatic carbocycles. The number of hydrogen-bond donors (Lipinski definition) is 1. The Morgan fingerprint density at radius 3 is 2.94 bits per heavy atom. The first-order valence-corrected chi connectivity index (χ1v) is 6.09. The molecule has 16 heavy (non-hydrogen) atoms. The van der Waals surface area contributed by atoms with Gasteiger partial charge in [0.05, 0.1) is 6.10 Å². The van der Waals surface area contributed by atoms with Gasteiger partial charge < -0.3 is 10.5 Å². The molecule has 0 amide bonds. The summed E-state index contributed by atoms with van der Waals surface area (Å²) < 4.78 is 5.70. The van der Waals surface area contributed by atoms with Crippen LogP contribution in [-0.4, -0.2) is 18.8 Å². The lowest BCUT2D eigenvalue weighted by Crippen LogP contribution is -2.39. The van der Waals surface area contributed by atoms with Crippen molar-refractivity contribution in [1.29, 1.82) is 0 Å². The molecule has 1 aromatic carbocycles. The van der Waals surface area contributed by atoms with Crippen LogP contribution in [0, 0.1) is 12.8 Å². The molecule has 0 spiro atoms. The number of nitrogens with two attached hydrogens (primary N) is 1. The molecule has 3 unspecified atom stereocenters. The highest BCUT2D eigenvalue weighted by atomic mass is 16.5. The highest BCUT2D eigenvalue weighted by molar-refractivity contribution is 5.23. The molecular weight excluding hydrogens is 198 g/mol. The summed E-state index contributed by atoms with van der Waals surface area (Å²) in [7, 11) is 0. The molecule has 1 aliphatic heterocycles. The van der Waals surface area contributed by atoms with Crippen molar-refractivity contribution in [3.63, 3.8) is 0 Å². The van der Waals surface area contributed by atoms with Crippen LogP contribution in [0.15, 0.2) is 24.3 Å². The van der Waals surface area contributed by atoms with Gasteiger partial charge in [0.15, 0.2) is 0 Å². The van der Waals surface area contributed by atoms with Gasteiger partial charge in [-0.25, -0.2) is 0 Å². The first-order valence-electron chi connectivity index (χ1n) is 6.09. The third kappa shape index (κ3) is 2.63. The molecule has 2 nitrogen and oxygen atoms in total. The molecule has 0 aromatic heterocycles. The third-order valence-electron chi connectivity index (χ3n) is 3.42. The van der Waals surface area contributed by atoms with Crippen LogP contribution in [0.1, 0.15) is 24.5 Å². The van der Waals surface area contributed by atoms with Crippen molar-refractivity contribution in [3.8, 4) is 0 Å². The van der Waals surface area contributed by atoms with Crippen LogP contribution in [0.3, 0.4) is 0 Å². The molecule has 0 saturated carbocycles. The van der Waals surface area contributed by atoms with E-state index in [9.17, 15) is 0 Å². The largest absolute Gasteiger partial charge is 0.376 e. The molecule has 0 bridgehead atoms. The highest BCUT2D eigenvalue weighted by Crippen LogP contribution is 2.23. The Labute approximate surface area is 97.8 Å². The molecule has 2 rings (SSSR count). The van der Waals surface area contributed by atoms with Gasteiger partial charge in [-0.05, 0) is 31.2 Å². The van der Waals surface area contributed by atoms with Gasteiger partial charge in [-0.15, -0.1) is 0 Å². The maximum Gasteiger partial charge on any atom is 0.0755 e. The monoisotopic (exact) mass is 219 g/mol. The number of ether oxygens (including phenoxy) is 1.